The molecule has 0 spiro atoms. The molecule has 2 aromatic carbocycles. The number of hydrogen-bond acceptors (Lipinski definition) is 4. The van der Waals surface area contributed by atoms with Crippen LogP contribution in [0.5, 0.6) is 5.75 Å². The molecule has 1 amide bonds. The molecular formula is C23H30N2O4S. The highest BCUT2D eigenvalue weighted by Gasteiger charge is 2.35. The molecule has 0 aliphatic carbocycles. The lowest BCUT2D eigenvalue weighted by atomic mass is 10.0. The van der Waals surface area contributed by atoms with E-state index >= 15 is 0 Å². The van der Waals surface area contributed by atoms with Gasteiger partial charge in [-0.3, -0.25) is 4.79 Å². The Balaban J connectivity index is 1.53. The fourth-order valence-corrected chi connectivity index (χ4v) is 5.37. The highest BCUT2D eigenvalue weighted by atomic mass is 32.2. The number of carbonyl (C=O) groups is 1. The van der Waals surface area contributed by atoms with Crippen molar-refractivity contribution in [2.75, 3.05) is 12.3 Å². The van der Waals surface area contributed by atoms with Crippen LogP contribution in [0.3, 0.4) is 0 Å². The average Bonchev–Trinajstić information content (AvgIpc) is 2.77. The maximum Gasteiger partial charge on any atom is 0.238 e. The number of ether oxygens (including phenoxy) is 1. The van der Waals surface area contributed by atoms with Crippen LogP contribution < -0.4 is 10.1 Å². The van der Waals surface area contributed by atoms with E-state index in [1.807, 2.05) is 61.5 Å². The molecule has 1 fully saturated rings. The smallest absolute Gasteiger partial charge is 0.238 e. The summed E-state index contributed by atoms with van der Waals surface area (Å²) in [7, 11) is -3.39. The number of rotatable bonds is 9. The van der Waals surface area contributed by atoms with E-state index in [-0.39, 0.29) is 11.7 Å². The number of piperidine rings is 1. The number of sulfonamides is 1. The van der Waals surface area contributed by atoms with Crippen LogP contribution in [-0.4, -0.2) is 37.0 Å². The predicted molar refractivity (Wildman–Crippen MR) is 117 cm³/mol. The fraction of sp³-hybridized carbons (Fsp3) is 0.435. The van der Waals surface area contributed by atoms with Crippen molar-refractivity contribution < 1.29 is 17.9 Å². The Hall–Kier alpha value is -2.38. The minimum absolute atomic E-state index is 0.0866. The summed E-state index contributed by atoms with van der Waals surface area (Å²) in [5.41, 5.74) is 2.00. The molecule has 0 radical (unpaired) electrons. The predicted octanol–water partition coefficient (Wildman–Crippen LogP) is 3.48. The van der Waals surface area contributed by atoms with Crippen molar-refractivity contribution in [3.63, 3.8) is 0 Å². The fourth-order valence-electron chi connectivity index (χ4n) is 3.62. The first-order valence-corrected chi connectivity index (χ1v) is 12.1. The third-order valence-electron chi connectivity index (χ3n) is 5.21. The molecule has 1 aliphatic heterocycles. The lowest BCUT2D eigenvalue weighted by molar-refractivity contribution is -0.125. The maximum absolute atomic E-state index is 12.7. The largest absolute Gasteiger partial charge is 0.489 e. The molecule has 0 aromatic heterocycles. The molecular weight excluding hydrogens is 400 g/mol. The van der Waals surface area contributed by atoms with Gasteiger partial charge < -0.3 is 10.1 Å². The highest BCUT2D eigenvalue weighted by Crippen LogP contribution is 2.21. The van der Waals surface area contributed by atoms with Gasteiger partial charge in [0.2, 0.25) is 15.9 Å². The number of nitrogens with one attached hydrogen (secondary N) is 1. The van der Waals surface area contributed by atoms with Gasteiger partial charge in [0.15, 0.2) is 0 Å². The summed E-state index contributed by atoms with van der Waals surface area (Å²) in [6.45, 7) is 3.11. The second kappa shape index (κ2) is 10.6. The molecule has 0 bridgehead atoms. The molecule has 1 heterocycles. The zero-order valence-corrected chi connectivity index (χ0v) is 18.2. The summed E-state index contributed by atoms with van der Waals surface area (Å²) in [4.78, 5) is 12.7. The lowest BCUT2D eigenvalue weighted by Gasteiger charge is -2.33. The molecule has 30 heavy (non-hydrogen) atoms. The number of benzene rings is 2. The van der Waals surface area contributed by atoms with Gasteiger partial charge in [-0.1, -0.05) is 55.8 Å². The van der Waals surface area contributed by atoms with Crippen molar-refractivity contribution in [1.29, 1.82) is 0 Å². The summed E-state index contributed by atoms with van der Waals surface area (Å²) in [5.74, 6) is 0.693. The molecule has 162 valence electrons. The third-order valence-corrected chi connectivity index (χ3v) is 7.29. The Morgan fingerprint density at radius 3 is 2.47 bits per heavy atom. The second-order valence-corrected chi connectivity index (χ2v) is 9.62. The number of carbonyl (C=O) groups excluding carboxylic acids is 1. The standard InChI is InChI=1S/C23H30N2O4S/c1-2-16-30(27,28)25-15-7-6-10-22(25)23(26)24-17-19-11-13-20(14-12-19)18-29-21-8-4-3-5-9-21/h3-5,8-9,11-14,22H,2,6-7,10,15-18H2,1H3,(H,24,26). The Morgan fingerprint density at radius 2 is 1.77 bits per heavy atom. The first kappa shape index (κ1) is 22.3. The minimum atomic E-state index is -3.39. The Bertz CT molecular complexity index is 914. The summed E-state index contributed by atoms with van der Waals surface area (Å²) < 4.78 is 32.2. The van der Waals surface area contributed by atoms with Crippen LogP contribution in [-0.2, 0) is 28.0 Å². The molecule has 1 aliphatic rings. The van der Waals surface area contributed by atoms with E-state index in [1.54, 1.807) is 0 Å². The van der Waals surface area contributed by atoms with Crippen LogP contribution in [0.2, 0.25) is 0 Å². The van der Waals surface area contributed by atoms with Crippen molar-refractivity contribution in [2.24, 2.45) is 0 Å². The SMILES string of the molecule is CCCS(=O)(=O)N1CCCCC1C(=O)NCc1ccc(COc2ccccc2)cc1. The molecule has 2 aromatic rings. The zero-order chi connectivity index (χ0) is 21.4. The van der Waals surface area contributed by atoms with Crippen molar-refractivity contribution in [3.8, 4) is 5.75 Å². The highest BCUT2D eigenvalue weighted by molar-refractivity contribution is 7.89. The van der Waals surface area contributed by atoms with Crippen LogP contribution in [0.4, 0.5) is 0 Å². The molecule has 7 heteroatoms. The summed E-state index contributed by atoms with van der Waals surface area (Å²) in [6, 6.07) is 16.9. The van der Waals surface area contributed by atoms with E-state index in [0.29, 0.717) is 32.5 Å². The van der Waals surface area contributed by atoms with Crippen LogP contribution in [0, 0.1) is 0 Å². The van der Waals surface area contributed by atoms with Crippen molar-refractivity contribution >= 4 is 15.9 Å². The quantitative estimate of drug-likeness (QED) is 0.661. The summed E-state index contributed by atoms with van der Waals surface area (Å²) >= 11 is 0. The summed E-state index contributed by atoms with van der Waals surface area (Å²) in [6.07, 6.45) is 2.80. The maximum atomic E-state index is 12.7. The topological polar surface area (TPSA) is 75.7 Å². The van der Waals surface area contributed by atoms with E-state index in [0.717, 1.165) is 29.7 Å². The van der Waals surface area contributed by atoms with Crippen molar-refractivity contribution in [3.05, 3.63) is 65.7 Å². The monoisotopic (exact) mass is 430 g/mol. The van der Waals surface area contributed by atoms with Gasteiger partial charge in [-0.2, -0.15) is 4.31 Å². The second-order valence-electron chi connectivity index (χ2n) is 7.57. The Kier molecular flexibility index (Phi) is 7.87. The molecule has 1 saturated heterocycles. The first-order chi connectivity index (χ1) is 14.5. The van der Waals surface area contributed by atoms with Crippen LogP contribution in [0.15, 0.2) is 54.6 Å². The zero-order valence-electron chi connectivity index (χ0n) is 17.4. The third kappa shape index (κ3) is 6.06. The Labute approximate surface area is 179 Å². The van der Waals surface area contributed by atoms with Gasteiger partial charge in [-0.05, 0) is 42.5 Å². The molecule has 1 N–H and O–H groups in total. The molecule has 6 nitrogen and oxygen atoms in total. The lowest BCUT2D eigenvalue weighted by Crippen LogP contribution is -2.52. The van der Waals surface area contributed by atoms with Gasteiger partial charge in [-0.15, -0.1) is 0 Å². The van der Waals surface area contributed by atoms with Crippen molar-refractivity contribution in [2.45, 2.75) is 51.8 Å². The molecule has 1 unspecified atom stereocenters. The van der Waals surface area contributed by atoms with Crippen LogP contribution >= 0.6 is 0 Å². The molecule has 1 atom stereocenters. The number of nitrogens with zero attached hydrogens (tertiary/aromatic N) is 1. The molecule has 3 rings (SSSR count). The number of hydrogen-bond donors (Lipinski definition) is 1. The first-order valence-electron chi connectivity index (χ1n) is 10.5. The number of para-hydroxylation sites is 1. The van der Waals surface area contributed by atoms with Gasteiger partial charge in [0.25, 0.3) is 0 Å². The van der Waals surface area contributed by atoms with Gasteiger partial charge >= 0.3 is 0 Å². The van der Waals surface area contributed by atoms with Gasteiger partial charge in [0.05, 0.1) is 5.75 Å². The van der Waals surface area contributed by atoms with Gasteiger partial charge in [0.1, 0.15) is 18.4 Å². The Morgan fingerprint density at radius 1 is 1.07 bits per heavy atom. The van der Waals surface area contributed by atoms with Gasteiger partial charge in [-0.25, -0.2) is 8.42 Å². The van der Waals surface area contributed by atoms with Crippen LogP contribution in [0.1, 0.15) is 43.7 Å². The van der Waals surface area contributed by atoms with E-state index in [4.69, 9.17) is 4.74 Å². The number of amides is 1. The van der Waals surface area contributed by atoms with Gasteiger partial charge in [0, 0.05) is 13.1 Å². The van der Waals surface area contributed by atoms with E-state index < -0.39 is 16.1 Å². The average molecular weight is 431 g/mol. The normalized spacial score (nSPS) is 17.4. The van der Waals surface area contributed by atoms with E-state index in [9.17, 15) is 13.2 Å². The van der Waals surface area contributed by atoms with E-state index in [2.05, 4.69) is 5.32 Å². The molecule has 0 saturated carbocycles. The van der Waals surface area contributed by atoms with E-state index in [1.165, 1.54) is 4.31 Å². The van der Waals surface area contributed by atoms with Crippen LogP contribution in [0.25, 0.3) is 0 Å². The summed E-state index contributed by atoms with van der Waals surface area (Å²) in [5, 5.41) is 2.91. The minimum Gasteiger partial charge on any atom is -0.489 e. The van der Waals surface area contributed by atoms with Crippen molar-refractivity contribution in [1.82, 2.24) is 9.62 Å².